The molecule has 0 radical (unpaired) electrons. The Morgan fingerprint density at radius 2 is 1.68 bits per heavy atom. The van der Waals surface area contributed by atoms with E-state index >= 15 is 0 Å². The van der Waals surface area contributed by atoms with E-state index in [1.165, 1.54) is 0 Å². The van der Waals surface area contributed by atoms with Crippen LogP contribution in [0.1, 0.15) is 11.4 Å². The topological polar surface area (TPSA) is 109 Å². The summed E-state index contributed by atoms with van der Waals surface area (Å²) in [6.45, 7) is 0. The molecule has 2 aromatic heterocycles. The zero-order valence-electron chi connectivity index (χ0n) is 16.8. The van der Waals surface area contributed by atoms with Crippen molar-refractivity contribution in [2.24, 2.45) is 0 Å². The van der Waals surface area contributed by atoms with Crippen LogP contribution in [0, 0.1) is 0 Å². The van der Waals surface area contributed by atoms with E-state index in [0.717, 1.165) is 45.4 Å². The molecule has 0 bridgehead atoms. The van der Waals surface area contributed by atoms with Gasteiger partial charge >= 0.3 is 0 Å². The monoisotopic (exact) mass is 407 g/mol. The fourth-order valence-electron chi connectivity index (χ4n) is 3.78. The molecular formula is C24H21N7. The van der Waals surface area contributed by atoms with Crippen LogP contribution in [0.5, 0.6) is 0 Å². The van der Waals surface area contributed by atoms with Gasteiger partial charge in [0.1, 0.15) is 0 Å². The molecular weight excluding hydrogens is 386 g/mol. The predicted octanol–water partition coefficient (Wildman–Crippen LogP) is 3.83. The first-order chi connectivity index (χ1) is 15.2. The van der Waals surface area contributed by atoms with Crippen LogP contribution in [0.15, 0.2) is 79.1 Å². The first kappa shape index (κ1) is 18.7. The Kier molecular flexibility index (Phi) is 4.76. The van der Waals surface area contributed by atoms with E-state index in [2.05, 4.69) is 32.6 Å². The number of fused-ring (bicyclic) bond motifs is 1. The Bertz CT molecular complexity index is 1340. The number of hydrogen-bond donors (Lipinski definition) is 2. The van der Waals surface area contributed by atoms with Crippen LogP contribution in [-0.2, 0) is 12.8 Å². The van der Waals surface area contributed by atoms with Gasteiger partial charge < -0.3 is 11.5 Å². The van der Waals surface area contributed by atoms with E-state index in [0.29, 0.717) is 17.8 Å². The number of anilines is 2. The highest BCUT2D eigenvalue weighted by molar-refractivity contribution is 6.04. The Morgan fingerprint density at radius 1 is 0.839 bits per heavy atom. The lowest BCUT2D eigenvalue weighted by molar-refractivity contribution is 0.751. The van der Waals surface area contributed by atoms with Gasteiger partial charge in [0.15, 0.2) is 5.82 Å². The van der Waals surface area contributed by atoms with Crippen molar-refractivity contribution in [2.75, 3.05) is 11.5 Å². The number of aryl methyl sites for hydroxylation is 2. The summed E-state index contributed by atoms with van der Waals surface area (Å²) in [7, 11) is 0. The lowest BCUT2D eigenvalue weighted by atomic mass is 9.97. The van der Waals surface area contributed by atoms with Crippen molar-refractivity contribution in [3.63, 3.8) is 0 Å². The Balaban J connectivity index is 1.44. The van der Waals surface area contributed by atoms with Crippen LogP contribution in [-0.4, -0.2) is 25.2 Å². The smallest absolute Gasteiger partial charge is 0.157 e. The molecule has 5 aromatic rings. The Hall–Kier alpha value is -4.26. The van der Waals surface area contributed by atoms with Gasteiger partial charge in [-0.2, -0.15) is 4.68 Å². The molecule has 0 aliphatic heterocycles. The summed E-state index contributed by atoms with van der Waals surface area (Å²) in [4.78, 5) is 4.16. The Morgan fingerprint density at radius 3 is 2.48 bits per heavy atom. The van der Waals surface area contributed by atoms with Gasteiger partial charge in [0, 0.05) is 29.8 Å². The van der Waals surface area contributed by atoms with Gasteiger partial charge in [-0.15, -0.1) is 5.10 Å². The number of rotatable bonds is 5. The van der Waals surface area contributed by atoms with E-state index < -0.39 is 0 Å². The number of pyridine rings is 1. The molecule has 0 unspecified atom stereocenters. The van der Waals surface area contributed by atoms with Crippen LogP contribution in [0.4, 0.5) is 11.4 Å². The standard InChI is InChI=1S/C24H21N7/c25-23-20-6-2-1-5-18(20)14-21(24(23)26)17-8-10-19(11-9-17)31-22(28-29-30-31)12-7-16-4-3-13-27-15-16/h1-6,8-11,13-15H,7,12,25-26H2. The lowest BCUT2D eigenvalue weighted by Gasteiger charge is -2.13. The van der Waals surface area contributed by atoms with Crippen molar-refractivity contribution in [1.82, 2.24) is 25.2 Å². The van der Waals surface area contributed by atoms with E-state index in [9.17, 15) is 0 Å². The minimum atomic E-state index is 0.589. The number of nitrogen functional groups attached to an aromatic ring is 2. The molecule has 0 fully saturated rings. The van der Waals surface area contributed by atoms with E-state index in [1.807, 2.05) is 60.8 Å². The van der Waals surface area contributed by atoms with Crippen LogP contribution < -0.4 is 11.5 Å². The van der Waals surface area contributed by atoms with E-state index in [-0.39, 0.29) is 0 Å². The summed E-state index contributed by atoms with van der Waals surface area (Å²) >= 11 is 0. The fourth-order valence-corrected chi connectivity index (χ4v) is 3.78. The summed E-state index contributed by atoms with van der Waals surface area (Å²) in [5, 5.41) is 14.3. The summed E-state index contributed by atoms with van der Waals surface area (Å²) < 4.78 is 1.76. The van der Waals surface area contributed by atoms with Crippen LogP contribution in [0.3, 0.4) is 0 Å². The first-order valence-corrected chi connectivity index (χ1v) is 10.0. The normalized spacial score (nSPS) is 11.1. The van der Waals surface area contributed by atoms with Crippen molar-refractivity contribution in [3.05, 3.63) is 90.5 Å². The third-order valence-corrected chi connectivity index (χ3v) is 5.45. The first-order valence-electron chi connectivity index (χ1n) is 10.0. The van der Waals surface area contributed by atoms with Gasteiger partial charge in [-0.05, 0) is 57.6 Å². The number of hydrogen-bond acceptors (Lipinski definition) is 6. The minimum Gasteiger partial charge on any atom is -0.397 e. The molecule has 2 heterocycles. The zero-order chi connectivity index (χ0) is 21.2. The van der Waals surface area contributed by atoms with Crippen LogP contribution in [0.25, 0.3) is 27.6 Å². The summed E-state index contributed by atoms with van der Waals surface area (Å²) in [5.74, 6) is 0.797. The Labute approximate surface area is 179 Å². The number of nitrogens with zero attached hydrogens (tertiary/aromatic N) is 5. The van der Waals surface area contributed by atoms with Gasteiger partial charge in [-0.3, -0.25) is 4.98 Å². The van der Waals surface area contributed by atoms with Crippen LogP contribution >= 0.6 is 0 Å². The molecule has 0 aliphatic carbocycles. The van der Waals surface area contributed by atoms with Crippen molar-refractivity contribution < 1.29 is 0 Å². The number of nitrogens with two attached hydrogens (primary N) is 2. The highest BCUT2D eigenvalue weighted by Gasteiger charge is 2.12. The second-order valence-electron chi connectivity index (χ2n) is 7.39. The third kappa shape index (κ3) is 3.57. The molecule has 0 saturated carbocycles. The molecule has 4 N–H and O–H groups in total. The van der Waals surface area contributed by atoms with Crippen molar-refractivity contribution in [3.8, 4) is 16.8 Å². The third-order valence-electron chi connectivity index (χ3n) is 5.45. The van der Waals surface area contributed by atoms with Gasteiger partial charge in [0.05, 0.1) is 17.1 Å². The van der Waals surface area contributed by atoms with Gasteiger partial charge in [-0.25, -0.2) is 0 Å². The maximum absolute atomic E-state index is 6.36. The highest BCUT2D eigenvalue weighted by atomic mass is 15.5. The van der Waals surface area contributed by atoms with Gasteiger partial charge in [0.25, 0.3) is 0 Å². The lowest BCUT2D eigenvalue weighted by Crippen LogP contribution is -2.05. The van der Waals surface area contributed by atoms with E-state index in [4.69, 9.17) is 11.5 Å². The largest absolute Gasteiger partial charge is 0.397 e. The number of tetrazole rings is 1. The van der Waals surface area contributed by atoms with Crippen molar-refractivity contribution in [1.29, 1.82) is 0 Å². The van der Waals surface area contributed by atoms with Crippen LogP contribution in [0.2, 0.25) is 0 Å². The zero-order valence-corrected chi connectivity index (χ0v) is 16.8. The minimum absolute atomic E-state index is 0.589. The van der Waals surface area contributed by atoms with Gasteiger partial charge in [-0.1, -0.05) is 42.5 Å². The molecule has 7 heteroatoms. The molecule has 0 aliphatic rings. The molecule has 3 aromatic carbocycles. The molecule has 0 amide bonds. The average Bonchev–Trinajstić information content (AvgIpc) is 3.29. The summed E-state index contributed by atoms with van der Waals surface area (Å²) in [6.07, 6.45) is 5.17. The highest BCUT2D eigenvalue weighted by Crippen LogP contribution is 2.36. The van der Waals surface area contributed by atoms with Crippen molar-refractivity contribution >= 4 is 22.1 Å². The molecule has 152 valence electrons. The number of aromatic nitrogens is 5. The van der Waals surface area contributed by atoms with Gasteiger partial charge in [0.2, 0.25) is 0 Å². The summed E-state index contributed by atoms with van der Waals surface area (Å²) in [5.41, 5.74) is 17.8. The number of benzene rings is 3. The maximum atomic E-state index is 6.36. The average molecular weight is 407 g/mol. The fraction of sp³-hybridized carbons (Fsp3) is 0.0833. The predicted molar refractivity (Wildman–Crippen MR) is 123 cm³/mol. The molecule has 0 atom stereocenters. The molecule has 5 rings (SSSR count). The second-order valence-corrected chi connectivity index (χ2v) is 7.39. The quantitative estimate of drug-likeness (QED) is 0.429. The molecule has 31 heavy (non-hydrogen) atoms. The molecule has 0 saturated heterocycles. The maximum Gasteiger partial charge on any atom is 0.157 e. The second kappa shape index (κ2) is 7.87. The molecule has 0 spiro atoms. The van der Waals surface area contributed by atoms with Crippen molar-refractivity contribution in [2.45, 2.75) is 12.8 Å². The molecule has 7 nitrogen and oxygen atoms in total. The summed E-state index contributed by atoms with van der Waals surface area (Å²) in [6, 6.07) is 22.1. The SMILES string of the molecule is Nc1c(-c2ccc(-n3nnnc3CCc3cccnc3)cc2)cc2ccccc2c1N. The van der Waals surface area contributed by atoms with E-state index in [1.54, 1.807) is 10.9 Å².